The van der Waals surface area contributed by atoms with Crippen LogP contribution >= 0.6 is 22.9 Å². The van der Waals surface area contributed by atoms with Crippen LogP contribution in [0.1, 0.15) is 15.2 Å². The van der Waals surface area contributed by atoms with Gasteiger partial charge in [0.25, 0.3) is 0 Å². The molecule has 0 unspecified atom stereocenters. The fourth-order valence-corrected chi connectivity index (χ4v) is 3.62. The minimum Gasteiger partial charge on any atom is -0.288 e. The first-order valence-corrected chi connectivity index (χ1v) is 9.21. The number of aromatic nitrogens is 2. The molecule has 0 atom stereocenters. The summed E-state index contributed by atoms with van der Waals surface area (Å²) in [5, 5.41) is 0.735. The quantitative estimate of drug-likeness (QED) is 0.535. The molecule has 3 rings (SSSR count). The van der Waals surface area contributed by atoms with Crippen LogP contribution in [0.4, 0.5) is 0 Å². The number of carbonyl (C=O) groups is 1. The van der Waals surface area contributed by atoms with Crippen molar-refractivity contribution >= 4 is 48.8 Å². The van der Waals surface area contributed by atoms with Gasteiger partial charge in [0.05, 0.1) is 9.90 Å². The maximum Gasteiger partial charge on any atom is 0.248 e. The molecule has 0 radical (unpaired) electrons. The molecule has 0 amide bonds. The number of ketones is 1. The Morgan fingerprint density at radius 3 is 2.68 bits per heavy atom. The standard InChI is InChI=1S/C14H9ClN2O3S2/c1-22(19,20)14-16-7-8-6-11(21-13(8)17-14)12(18)9-4-2-3-5-10(9)15/h2-7H,1H3. The van der Waals surface area contributed by atoms with E-state index in [9.17, 15) is 13.2 Å². The molecule has 0 fully saturated rings. The molecule has 0 aliphatic heterocycles. The van der Waals surface area contributed by atoms with Crippen LogP contribution in [0.3, 0.4) is 0 Å². The zero-order chi connectivity index (χ0) is 15.9. The lowest BCUT2D eigenvalue weighted by atomic mass is 10.1. The lowest BCUT2D eigenvalue weighted by Gasteiger charge is -1.99. The highest BCUT2D eigenvalue weighted by Crippen LogP contribution is 2.28. The van der Waals surface area contributed by atoms with E-state index in [1.165, 1.54) is 6.20 Å². The summed E-state index contributed by atoms with van der Waals surface area (Å²) in [6, 6.07) is 8.39. The zero-order valence-electron chi connectivity index (χ0n) is 11.3. The molecule has 0 saturated heterocycles. The van der Waals surface area contributed by atoms with E-state index in [0.29, 0.717) is 25.7 Å². The van der Waals surface area contributed by atoms with Gasteiger partial charge in [-0.25, -0.2) is 18.4 Å². The molecule has 3 aromatic rings. The fraction of sp³-hybridized carbons (Fsp3) is 0.0714. The Morgan fingerprint density at radius 1 is 1.27 bits per heavy atom. The largest absolute Gasteiger partial charge is 0.288 e. The number of rotatable bonds is 3. The number of halogens is 1. The normalized spacial score (nSPS) is 11.7. The fourth-order valence-electron chi connectivity index (χ4n) is 1.88. The lowest BCUT2D eigenvalue weighted by Crippen LogP contribution is -2.02. The Kier molecular flexibility index (Phi) is 3.72. The Hall–Kier alpha value is -1.83. The van der Waals surface area contributed by atoms with Crippen LogP contribution in [0.15, 0.2) is 41.7 Å². The predicted molar refractivity (Wildman–Crippen MR) is 85.4 cm³/mol. The molecule has 2 heterocycles. The number of hydrogen-bond acceptors (Lipinski definition) is 6. The molecule has 0 spiro atoms. The van der Waals surface area contributed by atoms with Gasteiger partial charge in [-0.05, 0) is 18.2 Å². The first-order valence-electron chi connectivity index (χ1n) is 6.12. The van der Waals surface area contributed by atoms with Crippen LogP contribution in [0.5, 0.6) is 0 Å². The van der Waals surface area contributed by atoms with Gasteiger partial charge in [-0.2, -0.15) is 0 Å². The van der Waals surface area contributed by atoms with Crippen molar-refractivity contribution in [1.29, 1.82) is 0 Å². The van der Waals surface area contributed by atoms with Crippen molar-refractivity contribution in [2.75, 3.05) is 6.26 Å². The summed E-state index contributed by atoms with van der Waals surface area (Å²) in [6.45, 7) is 0. The smallest absolute Gasteiger partial charge is 0.248 e. The van der Waals surface area contributed by atoms with Crippen LogP contribution in [-0.2, 0) is 9.84 Å². The highest BCUT2D eigenvalue weighted by atomic mass is 35.5. The van der Waals surface area contributed by atoms with Crippen LogP contribution in [0.2, 0.25) is 5.02 Å². The maximum atomic E-state index is 12.5. The Morgan fingerprint density at radius 2 is 2.00 bits per heavy atom. The zero-order valence-corrected chi connectivity index (χ0v) is 13.7. The summed E-state index contributed by atoms with van der Waals surface area (Å²) in [7, 11) is -3.49. The highest BCUT2D eigenvalue weighted by molar-refractivity contribution is 7.90. The Bertz CT molecular complexity index is 996. The number of hydrogen-bond donors (Lipinski definition) is 0. The van der Waals surface area contributed by atoms with E-state index in [4.69, 9.17) is 11.6 Å². The maximum absolute atomic E-state index is 12.5. The van der Waals surface area contributed by atoms with E-state index in [1.54, 1.807) is 30.3 Å². The van der Waals surface area contributed by atoms with E-state index < -0.39 is 9.84 Å². The van der Waals surface area contributed by atoms with Crippen molar-refractivity contribution in [1.82, 2.24) is 9.97 Å². The molecule has 2 aromatic heterocycles. The average Bonchev–Trinajstić information content (AvgIpc) is 2.89. The third kappa shape index (κ3) is 2.75. The lowest BCUT2D eigenvalue weighted by molar-refractivity contribution is 0.104. The number of fused-ring (bicyclic) bond motifs is 1. The van der Waals surface area contributed by atoms with Gasteiger partial charge >= 0.3 is 0 Å². The highest BCUT2D eigenvalue weighted by Gasteiger charge is 2.18. The first kappa shape index (κ1) is 15.1. The van der Waals surface area contributed by atoms with E-state index >= 15 is 0 Å². The van der Waals surface area contributed by atoms with Gasteiger partial charge < -0.3 is 0 Å². The molecule has 5 nitrogen and oxygen atoms in total. The second-order valence-corrected chi connectivity index (χ2v) is 7.95. The summed E-state index contributed by atoms with van der Waals surface area (Å²) < 4.78 is 23.0. The van der Waals surface area contributed by atoms with Crippen molar-refractivity contribution in [3.63, 3.8) is 0 Å². The molecule has 112 valence electrons. The number of benzene rings is 1. The van der Waals surface area contributed by atoms with Crippen molar-refractivity contribution in [3.05, 3.63) is 52.0 Å². The van der Waals surface area contributed by atoms with Gasteiger partial charge in [-0.3, -0.25) is 4.79 Å². The second-order valence-electron chi connectivity index (χ2n) is 4.60. The summed E-state index contributed by atoms with van der Waals surface area (Å²) >= 11 is 7.14. The summed E-state index contributed by atoms with van der Waals surface area (Å²) in [5.41, 5.74) is 0.395. The molecule has 0 bridgehead atoms. The molecular formula is C14H9ClN2O3S2. The topological polar surface area (TPSA) is 77.0 Å². The van der Waals surface area contributed by atoms with Gasteiger partial charge in [-0.1, -0.05) is 23.7 Å². The van der Waals surface area contributed by atoms with Gasteiger partial charge in [0.15, 0.2) is 0 Å². The minimum absolute atomic E-state index is 0.227. The van der Waals surface area contributed by atoms with Crippen LogP contribution < -0.4 is 0 Å². The Labute approximate surface area is 135 Å². The first-order chi connectivity index (χ1) is 10.4. The number of carbonyl (C=O) groups excluding carboxylic acids is 1. The third-order valence-electron chi connectivity index (χ3n) is 2.93. The monoisotopic (exact) mass is 352 g/mol. The summed E-state index contributed by atoms with van der Waals surface area (Å²) in [5.74, 6) is -0.227. The van der Waals surface area contributed by atoms with Crippen molar-refractivity contribution in [2.45, 2.75) is 5.16 Å². The van der Waals surface area contributed by atoms with Gasteiger partial charge in [0.1, 0.15) is 4.83 Å². The van der Waals surface area contributed by atoms with E-state index in [0.717, 1.165) is 17.6 Å². The molecule has 0 aliphatic rings. The van der Waals surface area contributed by atoms with E-state index in [1.807, 2.05) is 0 Å². The van der Waals surface area contributed by atoms with Crippen molar-refractivity contribution in [2.24, 2.45) is 0 Å². The second kappa shape index (κ2) is 5.42. The van der Waals surface area contributed by atoms with E-state index in [-0.39, 0.29) is 10.9 Å². The van der Waals surface area contributed by atoms with E-state index in [2.05, 4.69) is 9.97 Å². The number of sulfone groups is 1. The molecule has 0 N–H and O–H groups in total. The van der Waals surface area contributed by atoms with Crippen molar-refractivity contribution in [3.8, 4) is 0 Å². The molecular weight excluding hydrogens is 344 g/mol. The molecule has 1 aromatic carbocycles. The molecule has 0 saturated carbocycles. The predicted octanol–water partition coefficient (Wildman–Crippen LogP) is 2.98. The van der Waals surface area contributed by atoms with Crippen molar-refractivity contribution < 1.29 is 13.2 Å². The summed E-state index contributed by atoms with van der Waals surface area (Å²) in [6.07, 6.45) is 2.44. The average molecular weight is 353 g/mol. The van der Waals surface area contributed by atoms with Gasteiger partial charge in [0, 0.05) is 23.4 Å². The van der Waals surface area contributed by atoms with Crippen LogP contribution in [0.25, 0.3) is 10.2 Å². The molecule has 0 aliphatic carbocycles. The van der Waals surface area contributed by atoms with Gasteiger partial charge in [0.2, 0.25) is 20.8 Å². The summed E-state index contributed by atoms with van der Waals surface area (Å²) in [4.78, 5) is 21.2. The minimum atomic E-state index is -3.49. The Balaban J connectivity index is 2.10. The molecule has 22 heavy (non-hydrogen) atoms. The van der Waals surface area contributed by atoms with Crippen LogP contribution in [-0.4, -0.2) is 30.4 Å². The van der Waals surface area contributed by atoms with Crippen LogP contribution in [0, 0.1) is 0 Å². The number of nitrogens with zero attached hydrogens (tertiary/aromatic N) is 2. The number of thiophene rings is 1. The van der Waals surface area contributed by atoms with Gasteiger partial charge in [-0.15, -0.1) is 11.3 Å². The molecule has 8 heteroatoms. The SMILES string of the molecule is CS(=O)(=O)c1ncc2cc(C(=O)c3ccccc3Cl)sc2n1. The third-order valence-corrected chi connectivity index (χ3v) is 5.16.